The van der Waals surface area contributed by atoms with Crippen molar-refractivity contribution in [3.63, 3.8) is 0 Å². The molecule has 100 valence electrons. The molecule has 1 aromatic heterocycles. The van der Waals surface area contributed by atoms with E-state index in [1.54, 1.807) is 0 Å². The summed E-state index contributed by atoms with van der Waals surface area (Å²) < 4.78 is 5.28. The summed E-state index contributed by atoms with van der Waals surface area (Å²) in [6.07, 6.45) is 0. The number of H-pyrrole nitrogens is 1. The van der Waals surface area contributed by atoms with Crippen molar-refractivity contribution in [2.45, 2.75) is 27.4 Å². The molecule has 1 N–H and O–H groups in total. The molecule has 2 aromatic rings. The molecule has 0 unspecified atom stereocenters. The molecule has 0 amide bonds. The van der Waals surface area contributed by atoms with Crippen LogP contribution in [0, 0.1) is 13.8 Å². The Morgan fingerprint density at radius 3 is 2.47 bits per heavy atom. The number of nitrogens with zero attached hydrogens (tertiary/aromatic N) is 1. The van der Waals surface area contributed by atoms with Gasteiger partial charge in [0.25, 0.3) is 5.56 Å². The predicted octanol–water partition coefficient (Wildman–Crippen LogP) is 2.59. The van der Waals surface area contributed by atoms with Gasteiger partial charge in [0, 0.05) is 18.2 Å². The SMILES string of the molecule is CCOCc1nc(-c2cc(C)cc(C)c2)cc(=O)[nH]1. The fraction of sp³-hybridized carbons (Fsp3) is 0.333. The quantitative estimate of drug-likeness (QED) is 0.917. The van der Waals surface area contributed by atoms with Crippen LogP contribution in [-0.4, -0.2) is 16.6 Å². The Kier molecular flexibility index (Phi) is 4.12. The molecule has 0 aliphatic carbocycles. The van der Waals surface area contributed by atoms with E-state index in [0.29, 0.717) is 24.7 Å². The van der Waals surface area contributed by atoms with E-state index in [2.05, 4.69) is 16.0 Å². The van der Waals surface area contributed by atoms with E-state index in [1.165, 1.54) is 6.07 Å². The topological polar surface area (TPSA) is 55.0 Å². The zero-order valence-corrected chi connectivity index (χ0v) is 11.5. The van der Waals surface area contributed by atoms with E-state index in [1.807, 2.05) is 32.9 Å². The van der Waals surface area contributed by atoms with E-state index >= 15 is 0 Å². The Bertz CT molecular complexity index is 612. The molecule has 0 saturated carbocycles. The van der Waals surface area contributed by atoms with Crippen LogP contribution in [0.1, 0.15) is 23.9 Å². The van der Waals surface area contributed by atoms with Crippen LogP contribution in [0.15, 0.2) is 29.1 Å². The zero-order valence-electron chi connectivity index (χ0n) is 11.5. The lowest BCUT2D eigenvalue weighted by Crippen LogP contribution is -2.12. The predicted molar refractivity (Wildman–Crippen MR) is 75.1 cm³/mol. The van der Waals surface area contributed by atoms with E-state index in [9.17, 15) is 4.79 Å². The van der Waals surface area contributed by atoms with Crippen molar-refractivity contribution >= 4 is 0 Å². The normalized spacial score (nSPS) is 10.7. The smallest absolute Gasteiger partial charge is 0.251 e. The first-order chi connectivity index (χ1) is 9.08. The third kappa shape index (κ3) is 3.51. The number of aromatic amines is 1. The number of ether oxygens (including phenoxy) is 1. The molecule has 0 bridgehead atoms. The second-order valence-electron chi connectivity index (χ2n) is 4.59. The summed E-state index contributed by atoms with van der Waals surface area (Å²) in [5.41, 5.74) is 3.80. The Labute approximate surface area is 112 Å². The molecule has 0 atom stereocenters. The van der Waals surface area contributed by atoms with Crippen molar-refractivity contribution in [2.75, 3.05) is 6.61 Å². The van der Waals surface area contributed by atoms with Gasteiger partial charge in [0.05, 0.1) is 5.69 Å². The molecular weight excluding hydrogens is 240 g/mol. The molecule has 2 rings (SSSR count). The fourth-order valence-corrected chi connectivity index (χ4v) is 2.05. The van der Waals surface area contributed by atoms with Crippen LogP contribution in [-0.2, 0) is 11.3 Å². The molecule has 0 saturated heterocycles. The van der Waals surface area contributed by atoms with Gasteiger partial charge in [0.2, 0.25) is 0 Å². The van der Waals surface area contributed by atoms with E-state index in [4.69, 9.17) is 4.74 Å². The molecule has 1 aromatic carbocycles. The fourth-order valence-electron chi connectivity index (χ4n) is 2.05. The Balaban J connectivity index is 2.43. The van der Waals surface area contributed by atoms with Crippen molar-refractivity contribution in [1.82, 2.24) is 9.97 Å². The number of aryl methyl sites for hydroxylation is 2. The average molecular weight is 258 g/mol. The number of hydrogen-bond acceptors (Lipinski definition) is 3. The van der Waals surface area contributed by atoms with Gasteiger partial charge >= 0.3 is 0 Å². The van der Waals surface area contributed by atoms with Crippen molar-refractivity contribution in [2.24, 2.45) is 0 Å². The lowest BCUT2D eigenvalue weighted by molar-refractivity contribution is 0.128. The first-order valence-corrected chi connectivity index (χ1v) is 6.35. The van der Waals surface area contributed by atoms with Crippen LogP contribution >= 0.6 is 0 Å². The standard InChI is InChI=1S/C15H18N2O2/c1-4-19-9-14-16-13(8-15(18)17-14)12-6-10(2)5-11(3)7-12/h5-8H,4,9H2,1-3H3,(H,16,17,18). The maximum absolute atomic E-state index is 11.7. The lowest BCUT2D eigenvalue weighted by atomic mass is 10.0. The van der Waals surface area contributed by atoms with Crippen molar-refractivity contribution < 1.29 is 4.74 Å². The van der Waals surface area contributed by atoms with Gasteiger partial charge in [0.1, 0.15) is 12.4 Å². The maximum atomic E-state index is 11.7. The van der Waals surface area contributed by atoms with Gasteiger partial charge in [-0.15, -0.1) is 0 Å². The van der Waals surface area contributed by atoms with Crippen molar-refractivity contribution in [3.8, 4) is 11.3 Å². The Morgan fingerprint density at radius 2 is 1.84 bits per heavy atom. The van der Waals surface area contributed by atoms with E-state index in [-0.39, 0.29) is 5.56 Å². The van der Waals surface area contributed by atoms with Crippen LogP contribution in [0.25, 0.3) is 11.3 Å². The Morgan fingerprint density at radius 1 is 1.16 bits per heavy atom. The minimum Gasteiger partial charge on any atom is -0.374 e. The van der Waals surface area contributed by atoms with E-state index < -0.39 is 0 Å². The summed E-state index contributed by atoms with van der Waals surface area (Å²) in [4.78, 5) is 18.8. The van der Waals surface area contributed by atoms with Gasteiger partial charge in [-0.25, -0.2) is 4.98 Å². The molecule has 1 heterocycles. The monoisotopic (exact) mass is 258 g/mol. The molecule has 0 radical (unpaired) electrons. The summed E-state index contributed by atoms with van der Waals surface area (Å²) in [5, 5.41) is 0. The van der Waals surface area contributed by atoms with E-state index in [0.717, 1.165) is 16.7 Å². The van der Waals surface area contributed by atoms with Crippen molar-refractivity contribution in [1.29, 1.82) is 0 Å². The maximum Gasteiger partial charge on any atom is 0.251 e. The third-order valence-corrected chi connectivity index (χ3v) is 2.75. The van der Waals surface area contributed by atoms with Gasteiger partial charge in [-0.3, -0.25) is 4.79 Å². The molecular formula is C15H18N2O2. The van der Waals surface area contributed by atoms with Gasteiger partial charge in [-0.05, 0) is 32.9 Å². The van der Waals surface area contributed by atoms with Crippen molar-refractivity contribution in [3.05, 3.63) is 51.6 Å². The zero-order chi connectivity index (χ0) is 13.8. The molecule has 4 nitrogen and oxygen atoms in total. The van der Waals surface area contributed by atoms with Gasteiger partial charge in [-0.1, -0.05) is 17.2 Å². The highest BCUT2D eigenvalue weighted by molar-refractivity contribution is 5.60. The third-order valence-electron chi connectivity index (χ3n) is 2.75. The van der Waals surface area contributed by atoms with Gasteiger partial charge < -0.3 is 9.72 Å². The summed E-state index contributed by atoms with van der Waals surface area (Å²) >= 11 is 0. The summed E-state index contributed by atoms with van der Waals surface area (Å²) in [6.45, 7) is 6.89. The lowest BCUT2D eigenvalue weighted by Gasteiger charge is -2.06. The molecule has 0 fully saturated rings. The Hall–Kier alpha value is -1.94. The highest BCUT2D eigenvalue weighted by Gasteiger charge is 2.05. The molecule has 0 spiro atoms. The van der Waals surface area contributed by atoms with Gasteiger partial charge in [-0.2, -0.15) is 0 Å². The summed E-state index contributed by atoms with van der Waals surface area (Å²) in [5.74, 6) is 0.559. The van der Waals surface area contributed by atoms with Crippen LogP contribution in [0.2, 0.25) is 0 Å². The number of hydrogen-bond donors (Lipinski definition) is 1. The number of rotatable bonds is 4. The highest BCUT2D eigenvalue weighted by Crippen LogP contribution is 2.19. The second-order valence-corrected chi connectivity index (χ2v) is 4.59. The molecule has 4 heteroatoms. The average Bonchev–Trinajstić information content (AvgIpc) is 2.34. The number of nitrogens with one attached hydrogen (secondary N) is 1. The summed E-state index contributed by atoms with van der Waals surface area (Å²) in [7, 11) is 0. The second kappa shape index (κ2) is 5.80. The van der Waals surface area contributed by atoms with Gasteiger partial charge in [0.15, 0.2) is 0 Å². The molecule has 0 aliphatic heterocycles. The highest BCUT2D eigenvalue weighted by atomic mass is 16.5. The first kappa shape index (κ1) is 13.5. The number of aromatic nitrogens is 2. The minimum atomic E-state index is -0.154. The first-order valence-electron chi connectivity index (χ1n) is 6.35. The minimum absolute atomic E-state index is 0.154. The summed E-state index contributed by atoms with van der Waals surface area (Å²) in [6, 6.07) is 7.67. The largest absolute Gasteiger partial charge is 0.374 e. The molecule has 19 heavy (non-hydrogen) atoms. The van der Waals surface area contributed by atoms with Crippen LogP contribution < -0.4 is 5.56 Å². The van der Waals surface area contributed by atoms with Crippen LogP contribution in [0.3, 0.4) is 0 Å². The molecule has 0 aliphatic rings. The number of benzene rings is 1. The van der Waals surface area contributed by atoms with Crippen LogP contribution in [0.4, 0.5) is 0 Å². The van der Waals surface area contributed by atoms with Crippen LogP contribution in [0.5, 0.6) is 0 Å².